The van der Waals surface area contributed by atoms with Crippen LogP contribution in [-0.2, 0) is 9.59 Å². The summed E-state index contributed by atoms with van der Waals surface area (Å²) < 4.78 is 0. The number of anilines is 1. The molecule has 0 spiro atoms. The molecule has 1 aromatic carbocycles. The van der Waals surface area contributed by atoms with Crippen molar-refractivity contribution in [2.75, 3.05) is 11.9 Å². The van der Waals surface area contributed by atoms with Gasteiger partial charge in [0.25, 0.3) is 5.91 Å². The van der Waals surface area contributed by atoms with Crippen molar-refractivity contribution in [2.24, 2.45) is 17.8 Å². The molecule has 0 radical (unpaired) electrons. The molecule has 6 nitrogen and oxygen atoms in total. The van der Waals surface area contributed by atoms with E-state index in [9.17, 15) is 14.4 Å². The van der Waals surface area contributed by atoms with Gasteiger partial charge in [-0.05, 0) is 49.1 Å². The maximum absolute atomic E-state index is 12.3. The van der Waals surface area contributed by atoms with E-state index in [1.807, 2.05) is 0 Å². The van der Waals surface area contributed by atoms with Crippen molar-refractivity contribution in [3.8, 4) is 0 Å². The van der Waals surface area contributed by atoms with Gasteiger partial charge in [0.2, 0.25) is 11.8 Å². The molecule has 0 aromatic heterocycles. The maximum Gasteiger partial charge on any atom is 0.254 e. The number of nitrogens with one attached hydrogen (secondary N) is 3. The molecule has 1 heterocycles. The zero-order valence-electron chi connectivity index (χ0n) is 14.5. The summed E-state index contributed by atoms with van der Waals surface area (Å²) in [5.74, 6) is 1.18. The van der Waals surface area contributed by atoms with Gasteiger partial charge in [-0.2, -0.15) is 0 Å². The molecule has 1 aliphatic heterocycles. The van der Waals surface area contributed by atoms with Gasteiger partial charge in [0.15, 0.2) is 0 Å². The Morgan fingerprint density at radius 2 is 2.00 bits per heavy atom. The lowest BCUT2D eigenvalue weighted by Crippen LogP contribution is -2.42. The number of benzene rings is 1. The molecule has 3 amide bonds. The van der Waals surface area contributed by atoms with Gasteiger partial charge in [-0.1, -0.05) is 24.3 Å². The number of hydrogen-bond acceptors (Lipinski definition) is 3. The molecule has 1 saturated carbocycles. The standard InChI is InChI=1S/C20H23N3O3/c24-18(21-11-14-10-12-5-6-13(14)9-12)8-7-17-20(26)22-16-4-2-1-3-15(16)19(25)23-17/h1-6,12-14,17H,7-11H2,(H,21,24)(H,22,26)(H,23,25)/t12-,13-,14+,17+/m0/s1. The molecular formula is C20H23N3O3. The average Bonchev–Trinajstić information content (AvgIpc) is 3.23. The zero-order chi connectivity index (χ0) is 18.1. The predicted octanol–water partition coefficient (Wildman–Crippen LogP) is 1.85. The largest absolute Gasteiger partial charge is 0.356 e. The second-order valence-electron chi connectivity index (χ2n) is 7.44. The van der Waals surface area contributed by atoms with E-state index < -0.39 is 6.04 Å². The van der Waals surface area contributed by atoms with Gasteiger partial charge in [-0.3, -0.25) is 14.4 Å². The molecule has 4 atom stereocenters. The second kappa shape index (κ2) is 6.94. The second-order valence-corrected chi connectivity index (χ2v) is 7.44. The van der Waals surface area contributed by atoms with Gasteiger partial charge in [-0.15, -0.1) is 0 Å². The first-order valence-corrected chi connectivity index (χ1v) is 9.26. The van der Waals surface area contributed by atoms with Gasteiger partial charge in [0.1, 0.15) is 6.04 Å². The van der Waals surface area contributed by atoms with Crippen molar-refractivity contribution in [1.82, 2.24) is 10.6 Å². The van der Waals surface area contributed by atoms with Crippen LogP contribution in [0, 0.1) is 17.8 Å². The van der Waals surface area contributed by atoms with Crippen molar-refractivity contribution in [1.29, 1.82) is 0 Å². The highest BCUT2D eigenvalue weighted by molar-refractivity contribution is 6.09. The quantitative estimate of drug-likeness (QED) is 0.706. The minimum Gasteiger partial charge on any atom is -0.356 e. The molecule has 26 heavy (non-hydrogen) atoms. The van der Waals surface area contributed by atoms with E-state index >= 15 is 0 Å². The highest BCUT2D eigenvalue weighted by Crippen LogP contribution is 2.42. The lowest BCUT2D eigenvalue weighted by atomic mass is 9.93. The molecule has 6 heteroatoms. The summed E-state index contributed by atoms with van der Waals surface area (Å²) in [6, 6.07) is 6.19. The van der Waals surface area contributed by atoms with E-state index in [2.05, 4.69) is 28.1 Å². The molecule has 1 aromatic rings. The Hall–Kier alpha value is -2.63. The van der Waals surface area contributed by atoms with Crippen LogP contribution < -0.4 is 16.0 Å². The highest BCUT2D eigenvalue weighted by atomic mass is 16.2. The monoisotopic (exact) mass is 353 g/mol. The molecule has 0 unspecified atom stereocenters. The van der Waals surface area contributed by atoms with Crippen molar-refractivity contribution in [3.05, 3.63) is 42.0 Å². The molecule has 0 saturated heterocycles. The van der Waals surface area contributed by atoms with E-state index in [4.69, 9.17) is 0 Å². The Kier molecular flexibility index (Phi) is 4.49. The third-order valence-electron chi connectivity index (χ3n) is 5.69. The van der Waals surface area contributed by atoms with Crippen molar-refractivity contribution in [3.63, 3.8) is 0 Å². The van der Waals surface area contributed by atoms with Crippen LogP contribution in [0.2, 0.25) is 0 Å². The van der Waals surface area contributed by atoms with Crippen LogP contribution in [0.15, 0.2) is 36.4 Å². The fourth-order valence-corrected chi connectivity index (χ4v) is 4.25. The fourth-order valence-electron chi connectivity index (χ4n) is 4.25. The fraction of sp³-hybridized carbons (Fsp3) is 0.450. The normalized spacial score (nSPS) is 28.9. The number of fused-ring (bicyclic) bond motifs is 3. The number of hydrogen-bond donors (Lipinski definition) is 3. The Morgan fingerprint density at radius 1 is 1.15 bits per heavy atom. The van der Waals surface area contributed by atoms with E-state index in [1.165, 1.54) is 6.42 Å². The van der Waals surface area contributed by atoms with Gasteiger partial charge >= 0.3 is 0 Å². The molecule has 3 aliphatic rings. The van der Waals surface area contributed by atoms with E-state index in [1.54, 1.807) is 24.3 Å². The lowest BCUT2D eigenvalue weighted by Gasteiger charge is -2.19. The van der Waals surface area contributed by atoms with E-state index in [0.717, 1.165) is 6.42 Å². The number of rotatable bonds is 5. The van der Waals surface area contributed by atoms with E-state index in [-0.39, 0.29) is 30.6 Å². The molecular weight excluding hydrogens is 330 g/mol. The summed E-state index contributed by atoms with van der Waals surface area (Å²) >= 11 is 0. The first-order chi connectivity index (χ1) is 12.6. The summed E-state index contributed by atoms with van der Waals surface area (Å²) in [5, 5.41) is 8.47. The van der Waals surface area contributed by atoms with Gasteiger partial charge in [0.05, 0.1) is 11.3 Å². The van der Waals surface area contributed by atoms with Gasteiger partial charge in [-0.25, -0.2) is 0 Å². The smallest absolute Gasteiger partial charge is 0.254 e. The Balaban J connectivity index is 1.27. The van der Waals surface area contributed by atoms with Crippen molar-refractivity contribution >= 4 is 23.4 Å². The topological polar surface area (TPSA) is 87.3 Å². The van der Waals surface area contributed by atoms with Crippen LogP contribution in [0.25, 0.3) is 0 Å². The molecule has 2 aliphatic carbocycles. The summed E-state index contributed by atoms with van der Waals surface area (Å²) in [6.45, 7) is 0.693. The van der Waals surface area contributed by atoms with Crippen LogP contribution in [-0.4, -0.2) is 30.3 Å². The zero-order valence-corrected chi connectivity index (χ0v) is 14.5. The van der Waals surface area contributed by atoms with Gasteiger partial charge < -0.3 is 16.0 Å². The summed E-state index contributed by atoms with van der Waals surface area (Å²) in [6.07, 6.45) is 7.43. The molecule has 136 valence electrons. The van der Waals surface area contributed by atoms with Crippen LogP contribution in [0.3, 0.4) is 0 Å². The maximum atomic E-state index is 12.3. The van der Waals surface area contributed by atoms with Crippen LogP contribution in [0.4, 0.5) is 5.69 Å². The minimum absolute atomic E-state index is 0.0689. The third kappa shape index (κ3) is 3.36. The number of carbonyl (C=O) groups is 3. The summed E-state index contributed by atoms with van der Waals surface area (Å²) in [5.41, 5.74) is 0.948. The SMILES string of the molecule is O=C(CC[C@H]1NC(=O)c2ccccc2NC1=O)NC[C@H]1C[C@H]2C=C[C@H]1C2. The van der Waals surface area contributed by atoms with Crippen LogP contribution in [0.5, 0.6) is 0 Å². The predicted molar refractivity (Wildman–Crippen MR) is 97.4 cm³/mol. The first-order valence-electron chi connectivity index (χ1n) is 9.26. The van der Waals surface area contributed by atoms with Crippen molar-refractivity contribution in [2.45, 2.75) is 31.7 Å². The Morgan fingerprint density at radius 3 is 2.77 bits per heavy atom. The molecule has 3 N–H and O–H groups in total. The molecule has 1 fully saturated rings. The highest BCUT2D eigenvalue weighted by Gasteiger charge is 2.35. The Bertz CT molecular complexity index is 773. The van der Waals surface area contributed by atoms with Crippen molar-refractivity contribution < 1.29 is 14.4 Å². The van der Waals surface area contributed by atoms with Crippen LogP contribution in [0.1, 0.15) is 36.0 Å². The summed E-state index contributed by atoms with van der Waals surface area (Å²) in [4.78, 5) is 36.8. The van der Waals surface area contributed by atoms with Crippen LogP contribution >= 0.6 is 0 Å². The van der Waals surface area contributed by atoms with E-state index in [0.29, 0.717) is 35.5 Å². The number of para-hydroxylation sites is 1. The lowest BCUT2D eigenvalue weighted by molar-refractivity contribution is -0.122. The number of allylic oxidation sites excluding steroid dienone is 2. The number of amides is 3. The summed E-state index contributed by atoms with van der Waals surface area (Å²) in [7, 11) is 0. The molecule has 4 rings (SSSR count). The Labute approximate surface area is 152 Å². The third-order valence-corrected chi connectivity index (χ3v) is 5.69. The average molecular weight is 353 g/mol. The van der Waals surface area contributed by atoms with Gasteiger partial charge in [0, 0.05) is 13.0 Å². The molecule has 2 bridgehead atoms. The minimum atomic E-state index is -0.703. The first kappa shape index (κ1) is 16.8. The number of carbonyl (C=O) groups excluding carboxylic acids is 3.